The average Bonchev–Trinajstić information content (AvgIpc) is 2.85. The number of aromatic nitrogens is 1. The molecule has 1 aromatic rings. The zero-order valence-corrected chi connectivity index (χ0v) is 12.9. The van der Waals surface area contributed by atoms with Gasteiger partial charge in [0.1, 0.15) is 5.60 Å². The first kappa shape index (κ1) is 16.0. The lowest BCUT2D eigenvalue weighted by atomic mass is 10.2. The van der Waals surface area contributed by atoms with E-state index in [1.807, 2.05) is 25.7 Å². The first-order valence-electron chi connectivity index (χ1n) is 7.09. The summed E-state index contributed by atoms with van der Waals surface area (Å²) in [5.41, 5.74) is 0.282. The molecule has 22 heavy (non-hydrogen) atoms. The lowest BCUT2D eigenvalue weighted by Gasteiger charge is -2.22. The fraction of sp³-hybridized carbons (Fsp3) is 0.571. The van der Waals surface area contributed by atoms with Gasteiger partial charge in [0.05, 0.1) is 11.7 Å². The van der Waals surface area contributed by atoms with Crippen molar-refractivity contribution in [3.8, 4) is 0 Å². The number of rotatable bonds is 3. The van der Waals surface area contributed by atoms with Crippen LogP contribution in [0.3, 0.4) is 0 Å². The molecule has 0 spiro atoms. The van der Waals surface area contributed by atoms with E-state index >= 15 is 0 Å². The molecule has 1 aliphatic heterocycles. The van der Waals surface area contributed by atoms with Crippen molar-refractivity contribution >= 4 is 17.6 Å². The Hall–Kier alpha value is -2.38. The van der Waals surface area contributed by atoms with Crippen molar-refractivity contribution in [3.63, 3.8) is 0 Å². The van der Waals surface area contributed by atoms with Crippen molar-refractivity contribution in [2.45, 2.75) is 38.8 Å². The normalized spacial score (nSPS) is 18.1. The van der Waals surface area contributed by atoms with Gasteiger partial charge in [0.15, 0.2) is 6.20 Å². The number of carbonyl (C=O) groups excluding carboxylic acids is 1. The first-order valence-corrected chi connectivity index (χ1v) is 7.09. The Morgan fingerprint density at radius 2 is 2.23 bits per heavy atom. The van der Waals surface area contributed by atoms with Gasteiger partial charge in [0.25, 0.3) is 0 Å². The lowest BCUT2D eigenvalue weighted by molar-refractivity contribution is -0.389. The van der Waals surface area contributed by atoms with Crippen LogP contribution < -0.4 is 10.2 Å². The van der Waals surface area contributed by atoms with Gasteiger partial charge in [-0.1, -0.05) is 0 Å². The molecule has 8 nitrogen and oxygen atoms in total. The molecule has 0 aromatic carbocycles. The van der Waals surface area contributed by atoms with Crippen LogP contribution in [0.1, 0.15) is 27.2 Å². The van der Waals surface area contributed by atoms with Crippen LogP contribution in [0, 0.1) is 10.1 Å². The smallest absolute Gasteiger partial charge is 0.407 e. The van der Waals surface area contributed by atoms with Crippen molar-refractivity contribution in [1.29, 1.82) is 0 Å². The molecule has 1 unspecified atom stereocenters. The van der Waals surface area contributed by atoms with E-state index in [4.69, 9.17) is 4.74 Å². The summed E-state index contributed by atoms with van der Waals surface area (Å²) in [5.74, 6) is -0.175. The van der Waals surface area contributed by atoms with Gasteiger partial charge in [0, 0.05) is 19.2 Å². The second kappa shape index (κ2) is 6.17. The summed E-state index contributed by atoms with van der Waals surface area (Å²) in [6.45, 7) is 6.82. The highest BCUT2D eigenvalue weighted by atomic mass is 16.6. The number of hydrogen-bond acceptors (Lipinski definition) is 6. The molecule has 1 atom stereocenters. The third-order valence-corrected chi connectivity index (χ3v) is 3.19. The Labute approximate surface area is 128 Å². The fourth-order valence-corrected chi connectivity index (χ4v) is 2.26. The van der Waals surface area contributed by atoms with Gasteiger partial charge in [-0.2, -0.15) is 0 Å². The van der Waals surface area contributed by atoms with Crippen molar-refractivity contribution < 1.29 is 14.5 Å². The molecule has 1 aliphatic rings. The number of pyridine rings is 1. The Bertz CT molecular complexity index is 553. The number of alkyl carbamates (subject to hydrolysis) is 1. The number of ether oxygens (including phenoxy) is 1. The Morgan fingerprint density at radius 3 is 2.77 bits per heavy atom. The minimum atomic E-state index is -0.527. The van der Waals surface area contributed by atoms with Crippen LogP contribution in [0.15, 0.2) is 18.3 Å². The second-order valence-corrected chi connectivity index (χ2v) is 6.21. The van der Waals surface area contributed by atoms with Crippen LogP contribution in [0.4, 0.5) is 16.3 Å². The summed E-state index contributed by atoms with van der Waals surface area (Å²) in [4.78, 5) is 27.6. The molecule has 8 heteroatoms. The summed E-state index contributed by atoms with van der Waals surface area (Å²) in [6.07, 6.45) is 1.84. The van der Waals surface area contributed by atoms with Crippen LogP contribution >= 0.6 is 0 Å². The molecule has 1 amide bonds. The molecule has 0 bridgehead atoms. The van der Waals surface area contributed by atoms with E-state index in [1.54, 1.807) is 6.07 Å². The Balaban J connectivity index is 1.89. The number of hydrogen-bond donors (Lipinski definition) is 1. The standard InChI is InChI=1S/C14H20N4O4/c1-14(2,3)22-13(19)16-10-6-7-17(9-10)11-4-5-12(15-8-11)18(20)21/h4-5,8,10H,6-7,9H2,1-3H3,(H,16,19). The number of anilines is 1. The quantitative estimate of drug-likeness (QED) is 0.678. The predicted molar refractivity (Wildman–Crippen MR) is 80.9 cm³/mol. The highest BCUT2D eigenvalue weighted by Crippen LogP contribution is 2.21. The number of nitrogens with one attached hydrogen (secondary N) is 1. The number of amides is 1. The largest absolute Gasteiger partial charge is 0.444 e. The van der Waals surface area contributed by atoms with E-state index < -0.39 is 16.6 Å². The van der Waals surface area contributed by atoms with Crippen molar-refractivity contribution in [3.05, 3.63) is 28.4 Å². The summed E-state index contributed by atoms with van der Waals surface area (Å²) < 4.78 is 5.23. The maximum atomic E-state index is 11.7. The van der Waals surface area contributed by atoms with Crippen LogP contribution in [-0.2, 0) is 4.74 Å². The number of carbonyl (C=O) groups is 1. The summed E-state index contributed by atoms with van der Waals surface area (Å²) in [6, 6.07) is 3.04. The van der Waals surface area contributed by atoms with Gasteiger partial charge in [-0.3, -0.25) is 0 Å². The summed E-state index contributed by atoms with van der Waals surface area (Å²) in [7, 11) is 0. The maximum absolute atomic E-state index is 11.7. The van der Waals surface area contributed by atoms with Crippen LogP contribution in [-0.4, -0.2) is 40.7 Å². The highest BCUT2D eigenvalue weighted by molar-refractivity contribution is 5.68. The molecule has 0 radical (unpaired) electrons. The molecule has 120 valence electrons. The van der Waals surface area contributed by atoms with E-state index in [-0.39, 0.29) is 11.9 Å². The van der Waals surface area contributed by atoms with Gasteiger partial charge in [0.2, 0.25) is 0 Å². The number of nitrogens with zero attached hydrogens (tertiary/aromatic N) is 3. The van der Waals surface area contributed by atoms with Crippen LogP contribution in [0.5, 0.6) is 0 Å². The van der Waals surface area contributed by atoms with Gasteiger partial charge >= 0.3 is 11.9 Å². The maximum Gasteiger partial charge on any atom is 0.407 e. The highest BCUT2D eigenvalue weighted by Gasteiger charge is 2.27. The van der Waals surface area contributed by atoms with Gasteiger partial charge in [-0.15, -0.1) is 0 Å². The van der Waals surface area contributed by atoms with Crippen molar-refractivity contribution in [2.24, 2.45) is 0 Å². The van der Waals surface area contributed by atoms with Gasteiger partial charge in [-0.05, 0) is 43.2 Å². The molecule has 1 saturated heterocycles. The molecule has 1 N–H and O–H groups in total. The third-order valence-electron chi connectivity index (χ3n) is 3.19. The molecular weight excluding hydrogens is 288 g/mol. The molecular formula is C14H20N4O4. The van der Waals surface area contributed by atoms with E-state index in [2.05, 4.69) is 10.3 Å². The van der Waals surface area contributed by atoms with Crippen molar-refractivity contribution in [1.82, 2.24) is 10.3 Å². The molecule has 1 fully saturated rings. The minimum absolute atomic E-state index is 0.00922. The average molecular weight is 308 g/mol. The SMILES string of the molecule is CC(C)(C)OC(=O)NC1CCN(c2ccc([N+](=O)[O-])nc2)C1. The zero-order chi connectivity index (χ0) is 16.3. The third kappa shape index (κ3) is 4.31. The summed E-state index contributed by atoms with van der Waals surface area (Å²) >= 11 is 0. The monoisotopic (exact) mass is 308 g/mol. The number of nitro groups is 1. The Kier molecular flexibility index (Phi) is 4.48. The minimum Gasteiger partial charge on any atom is -0.444 e. The topological polar surface area (TPSA) is 97.6 Å². The van der Waals surface area contributed by atoms with E-state index in [1.165, 1.54) is 12.3 Å². The van der Waals surface area contributed by atoms with Crippen LogP contribution in [0.2, 0.25) is 0 Å². The van der Waals surface area contributed by atoms with Gasteiger partial charge in [-0.25, -0.2) is 4.79 Å². The van der Waals surface area contributed by atoms with E-state index in [0.29, 0.717) is 6.54 Å². The lowest BCUT2D eigenvalue weighted by Crippen LogP contribution is -2.40. The molecule has 0 aliphatic carbocycles. The predicted octanol–water partition coefficient (Wildman–Crippen LogP) is 2.09. The fourth-order valence-electron chi connectivity index (χ4n) is 2.26. The molecule has 0 saturated carbocycles. The molecule has 1 aromatic heterocycles. The second-order valence-electron chi connectivity index (χ2n) is 6.21. The zero-order valence-electron chi connectivity index (χ0n) is 12.9. The first-order chi connectivity index (χ1) is 10.2. The summed E-state index contributed by atoms with van der Waals surface area (Å²) in [5, 5.41) is 13.4. The van der Waals surface area contributed by atoms with Crippen molar-refractivity contribution in [2.75, 3.05) is 18.0 Å². The molecule has 2 rings (SSSR count). The van der Waals surface area contributed by atoms with E-state index in [0.717, 1.165) is 18.7 Å². The van der Waals surface area contributed by atoms with Crippen LogP contribution in [0.25, 0.3) is 0 Å². The van der Waals surface area contributed by atoms with E-state index in [9.17, 15) is 14.9 Å². The van der Waals surface area contributed by atoms with Gasteiger partial charge < -0.3 is 25.1 Å². The Morgan fingerprint density at radius 1 is 1.50 bits per heavy atom. The molecule has 2 heterocycles.